The zero-order valence-corrected chi connectivity index (χ0v) is 21.7. The third-order valence-electron chi connectivity index (χ3n) is 7.48. The highest BCUT2D eigenvalue weighted by molar-refractivity contribution is 6.04. The van der Waals surface area contributed by atoms with Gasteiger partial charge < -0.3 is 0 Å². The molecule has 0 unspecified atom stereocenters. The molecule has 3 aromatic carbocycles. The molecule has 3 aromatic rings. The maximum atomic E-state index is 13.7. The number of hydrogen-bond acceptors (Lipinski definition) is 4. The van der Waals surface area contributed by atoms with E-state index in [4.69, 9.17) is 5.10 Å². The molecule has 5 heteroatoms. The average Bonchev–Trinajstić information content (AvgIpc) is 3.31. The molecule has 1 atom stereocenters. The highest BCUT2D eigenvalue weighted by Crippen LogP contribution is 2.35. The van der Waals surface area contributed by atoms with Crippen LogP contribution in [-0.2, 0) is 11.3 Å². The highest BCUT2D eigenvalue weighted by atomic mass is 16.2. The number of hydrazone groups is 1. The summed E-state index contributed by atoms with van der Waals surface area (Å²) in [5, 5.41) is 6.72. The van der Waals surface area contributed by atoms with Gasteiger partial charge in [0.05, 0.1) is 18.3 Å². The summed E-state index contributed by atoms with van der Waals surface area (Å²) in [7, 11) is 0. The van der Waals surface area contributed by atoms with E-state index in [0.717, 1.165) is 50.4 Å². The Kier molecular flexibility index (Phi) is 7.30. The van der Waals surface area contributed by atoms with E-state index in [1.54, 1.807) is 5.01 Å². The SMILES string of the molecule is Cc1ccc(C2=NN(C(=O)CN3CCN(Cc4ccccc4)CC3)[C@H](c3ccccc3C)C2)c(C)c1. The molecule has 0 saturated carbocycles. The number of carbonyl (C=O) groups is 1. The summed E-state index contributed by atoms with van der Waals surface area (Å²) in [6.45, 7) is 11.5. The van der Waals surface area contributed by atoms with Crippen LogP contribution >= 0.6 is 0 Å². The fourth-order valence-electron chi connectivity index (χ4n) is 5.45. The van der Waals surface area contributed by atoms with Gasteiger partial charge in [0.25, 0.3) is 5.91 Å². The molecule has 0 radical (unpaired) electrons. The number of aryl methyl sites for hydroxylation is 3. The highest BCUT2D eigenvalue weighted by Gasteiger charge is 2.35. The molecule has 1 saturated heterocycles. The first-order chi connectivity index (χ1) is 17.5. The van der Waals surface area contributed by atoms with Crippen LogP contribution in [-0.4, -0.2) is 59.2 Å². The number of carbonyl (C=O) groups excluding carboxylic acids is 1. The Balaban J connectivity index is 1.30. The smallest absolute Gasteiger partial charge is 0.257 e. The molecule has 36 heavy (non-hydrogen) atoms. The molecular weight excluding hydrogens is 444 g/mol. The van der Waals surface area contributed by atoms with Crippen LogP contribution < -0.4 is 0 Å². The summed E-state index contributed by atoms with van der Waals surface area (Å²) in [5.41, 5.74) is 8.32. The minimum Gasteiger partial charge on any atom is -0.297 e. The van der Waals surface area contributed by atoms with Crippen molar-refractivity contribution in [3.63, 3.8) is 0 Å². The molecule has 2 heterocycles. The van der Waals surface area contributed by atoms with Crippen LogP contribution in [0.4, 0.5) is 0 Å². The Hall–Kier alpha value is -3.28. The topological polar surface area (TPSA) is 39.2 Å². The van der Waals surface area contributed by atoms with Crippen molar-refractivity contribution >= 4 is 11.6 Å². The number of nitrogens with zero attached hydrogens (tertiary/aromatic N) is 4. The van der Waals surface area contributed by atoms with Crippen molar-refractivity contribution in [2.24, 2.45) is 5.10 Å². The molecule has 1 fully saturated rings. The van der Waals surface area contributed by atoms with Crippen LogP contribution in [0, 0.1) is 20.8 Å². The van der Waals surface area contributed by atoms with E-state index in [1.807, 2.05) is 0 Å². The lowest BCUT2D eigenvalue weighted by atomic mass is 9.93. The monoisotopic (exact) mass is 480 g/mol. The summed E-state index contributed by atoms with van der Waals surface area (Å²) >= 11 is 0. The number of amides is 1. The van der Waals surface area contributed by atoms with Gasteiger partial charge in [-0.25, -0.2) is 5.01 Å². The quantitative estimate of drug-likeness (QED) is 0.492. The van der Waals surface area contributed by atoms with E-state index in [-0.39, 0.29) is 11.9 Å². The molecule has 0 bridgehead atoms. The zero-order chi connectivity index (χ0) is 25.1. The van der Waals surface area contributed by atoms with Gasteiger partial charge in [0.2, 0.25) is 0 Å². The van der Waals surface area contributed by atoms with Crippen LogP contribution in [0.25, 0.3) is 0 Å². The van der Waals surface area contributed by atoms with E-state index < -0.39 is 0 Å². The summed E-state index contributed by atoms with van der Waals surface area (Å²) in [6, 6.07) is 25.4. The van der Waals surface area contributed by atoms with Crippen molar-refractivity contribution in [3.8, 4) is 0 Å². The third kappa shape index (κ3) is 5.43. The molecule has 2 aliphatic heterocycles. The summed E-state index contributed by atoms with van der Waals surface area (Å²) < 4.78 is 0. The minimum absolute atomic E-state index is 0.0613. The Labute approximate surface area is 215 Å². The first kappa shape index (κ1) is 24.4. The molecule has 1 amide bonds. The average molecular weight is 481 g/mol. The Morgan fingerprint density at radius 3 is 2.25 bits per heavy atom. The van der Waals surface area contributed by atoms with Gasteiger partial charge in [0.1, 0.15) is 0 Å². The maximum absolute atomic E-state index is 13.7. The Morgan fingerprint density at radius 2 is 1.53 bits per heavy atom. The molecule has 0 aliphatic carbocycles. The standard InChI is InChI=1S/C31H36N4O/c1-23-13-14-27(25(3)19-23)29-20-30(28-12-8-7-9-24(28)2)35(32-29)31(36)22-34-17-15-33(16-18-34)21-26-10-5-4-6-11-26/h4-14,19,30H,15-18,20-22H2,1-3H3/t30-/m0/s1. The van der Waals surface area contributed by atoms with Crippen molar-refractivity contribution < 1.29 is 4.79 Å². The predicted molar refractivity (Wildman–Crippen MR) is 146 cm³/mol. The van der Waals surface area contributed by atoms with Crippen molar-refractivity contribution in [3.05, 3.63) is 106 Å². The van der Waals surface area contributed by atoms with Gasteiger partial charge in [0.15, 0.2) is 0 Å². The number of benzene rings is 3. The fraction of sp³-hybridized carbons (Fsp3) is 0.355. The second-order valence-electron chi connectivity index (χ2n) is 10.2. The zero-order valence-electron chi connectivity index (χ0n) is 21.7. The van der Waals surface area contributed by atoms with Crippen molar-refractivity contribution in [1.29, 1.82) is 0 Å². The largest absolute Gasteiger partial charge is 0.297 e. The van der Waals surface area contributed by atoms with Crippen LogP contribution in [0.5, 0.6) is 0 Å². The molecule has 0 N–H and O–H groups in total. The van der Waals surface area contributed by atoms with E-state index in [9.17, 15) is 4.79 Å². The van der Waals surface area contributed by atoms with E-state index >= 15 is 0 Å². The molecule has 186 valence electrons. The number of rotatable bonds is 6. The van der Waals surface area contributed by atoms with Gasteiger partial charge in [-0.2, -0.15) is 5.10 Å². The van der Waals surface area contributed by atoms with E-state index in [1.165, 1.54) is 27.8 Å². The third-order valence-corrected chi connectivity index (χ3v) is 7.48. The molecular formula is C31H36N4O. The van der Waals surface area contributed by atoms with Gasteiger partial charge in [0, 0.05) is 44.7 Å². The molecule has 0 aromatic heterocycles. The fourth-order valence-corrected chi connectivity index (χ4v) is 5.45. The second-order valence-corrected chi connectivity index (χ2v) is 10.2. The lowest BCUT2D eigenvalue weighted by Gasteiger charge is -2.35. The van der Waals surface area contributed by atoms with Gasteiger partial charge in [-0.15, -0.1) is 0 Å². The van der Waals surface area contributed by atoms with Crippen molar-refractivity contribution in [2.75, 3.05) is 32.7 Å². The predicted octanol–water partition coefficient (Wildman–Crippen LogP) is 5.11. The summed E-state index contributed by atoms with van der Waals surface area (Å²) in [5.74, 6) is 0.0829. The van der Waals surface area contributed by atoms with Crippen LogP contribution in [0.1, 0.15) is 45.8 Å². The van der Waals surface area contributed by atoms with Gasteiger partial charge >= 0.3 is 0 Å². The Morgan fingerprint density at radius 1 is 0.833 bits per heavy atom. The summed E-state index contributed by atoms with van der Waals surface area (Å²) in [4.78, 5) is 18.4. The maximum Gasteiger partial charge on any atom is 0.257 e. The minimum atomic E-state index is -0.0613. The van der Waals surface area contributed by atoms with Crippen molar-refractivity contribution in [1.82, 2.24) is 14.8 Å². The first-order valence-electron chi connectivity index (χ1n) is 13.0. The van der Waals surface area contributed by atoms with Crippen LogP contribution in [0.2, 0.25) is 0 Å². The molecule has 5 nitrogen and oxygen atoms in total. The summed E-state index contributed by atoms with van der Waals surface area (Å²) in [6.07, 6.45) is 0.741. The van der Waals surface area contributed by atoms with Crippen LogP contribution in [0.3, 0.4) is 0 Å². The van der Waals surface area contributed by atoms with Crippen molar-refractivity contribution in [2.45, 2.75) is 39.8 Å². The van der Waals surface area contributed by atoms with Gasteiger partial charge in [-0.3, -0.25) is 14.6 Å². The second kappa shape index (κ2) is 10.8. The van der Waals surface area contributed by atoms with Crippen LogP contribution in [0.15, 0.2) is 77.9 Å². The number of piperazine rings is 1. The van der Waals surface area contributed by atoms with Gasteiger partial charge in [-0.05, 0) is 43.0 Å². The molecule has 2 aliphatic rings. The number of hydrogen-bond donors (Lipinski definition) is 0. The lowest BCUT2D eigenvalue weighted by molar-refractivity contribution is -0.134. The molecule has 5 rings (SSSR count). The van der Waals surface area contributed by atoms with Gasteiger partial charge in [-0.1, -0.05) is 78.4 Å². The Bertz CT molecular complexity index is 1240. The van der Waals surface area contributed by atoms with E-state index in [0.29, 0.717) is 6.54 Å². The van der Waals surface area contributed by atoms with E-state index in [2.05, 4.69) is 103 Å². The normalized spacial score (nSPS) is 18.9. The lowest BCUT2D eigenvalue weighted by Crippen LogP contribution is -2.49. The first-order valence-corrected chi connectivity index (χ1v) is 13.0. The molecule has 0 spiro atoms.